The molecule has 8 aliphatic rings. The van der Waals surface area contributed by atoms with E-state index < -0.39 is 292 Å². The topological polar surface area (TPSA) is 619 Å². The van der Waals surface area contributed by atoms with Crippen molar-refractivity contribution in [2.75, 3.05) is 26.8 Å². The summed E-state index contributed by atoms with van der Waals surface area (Å²) in [6.45, 7) is 6.92. The quantitative estimate of drug-likeness (QED) is 0.0323. The molecule has 5 aromatic rings. The molecule has 41 heteroatoms. The number of nitrogens with one attached hydrogen (secondary N) is 9. The summed E-state index contributed by atoms with van der Waals surface area (Å²) >= 11 is 14.4. The average Bonchev–Trinajstić information content (AvgIpc) is 0.770. The van der Waals surface area contributed by atoms with Gasteiger partial charge in [-0.1, -0.05) is 107 Å². The molecule has 13 rings (SSSR count). The minimum Gasteiger partial charge on any atom is -0.507 e. The fourth-order valence-electron chi connectivity index (χ4n) is 16.1. The van der Waals surface area contributed by atoms with Crippen molar-refractivity contribution in [1.29, 1.82) is 0 Å². The van der Waals surface area contributed by atoms with Gasteiger partial charge in [0.05, 0.1) is 59.5 Å². The van der Waals surface area contributed by atoms with Gasteiger partial charge in [0.1, 0.15) is 108 Å². The van der Waals surface area contributed by atoms with Crippen LogP contribution in [-0.4, -0.2) is 255 Å². The SMILES string of the molecule is CCCCCCCCCCN[C@@]1(C)C[C@H](O[C@H]2[C@H](Oc3c4cc5cc3Oc3ccc(cc3Cl)[C@@H](O)[C@@H](NC(=O)[C@@H](CC(C)C)NC)C(=O)N[C@@H](CC(N)=O)C(=O)N[C@H]5C(=O)N[C@H]3C(=O)N[C@H](C(=O)N[C@H](C(=O)O)c5cc(O)c(CN[C@H]6C(O)O[C@H](CO)[C@H](O)[C@@H]6O)c(O)c5-c5cc3ccc5O)[C@H](O)c3ccc(c(Cl)c3)O4)O[C@H](CO)[C@@H](O)[C@@H]2O)O[C@@H](C)[C@H]1O. The molecule has 3 fully saturated rings. The zero-order valence-corrected chi connectivity index (χ0v) is 70.0. The molecule has 39 nitrogen and oxygen atoms in total. The number of hydrogen-bond donors (Lipinski definition) is 24. The number of carboxylic acid groups (broad SMARTS) is 1. The minimum absolute atomic E-state index is 0.110. The highest BCUT2D eigenvalue weighted by atomic mass is 35.5. The number of phenolic OH excluding ortho intramolecular Hbond substituents is 3. The normalized spacial score (nSPS) is 30.0. The fraction of sp³-hybridized carbons (Fsp3) is 0.542. The molecule has 0 aromatic heterocycles. The highest BCUT2D eigenvalue weighted by Crippen LogP contribution is 2.51. The van der Waals surface area contributed by atoms with Crippen LogP contribution in [0.2, 0.25) is 10.0 Å². The maximum Gasteiger partial charge on any atom is 0.330 e. The van der Waals surface area contributed by atoms with Crippen LogP contribution in [0.15, 0.2) is 72.8 Å². The second-order valence-corrected chi connectivity index (χ2v) is 33.2. The number of fused-ring (bicyclic) bond motifs is 15. The van der Waals surface area contributed by atoms with Crippen molar-refractivity contribution in [3.05, 3.63) is 116 Å². The van der Waals surface area contributed by atoms with E-state index in [1.165, 1.54) is 19.2 Å². The molecule has 11 bridgehead atoms. The fourth-order valence-corrected chi connectivity index (χ4v) is 16.5. The predicted molar refractivity (Wildman–Crippen MR) is 436 cm³/mol. The van der Waals surface area contributed by atoms with Crippen molar-refractivity contribution in [2.45, 2.75) is 252 Å². The number of unbranched alkanes of at least 4 members (excludes halogenated alkanes) is 7. The van der Waals surface area contributed by atoms with Crippen molar-refractivity contribution in [3.63, 3.8) is 0 Å². The number of amides is 7. The Kier molecular flexibility index (Phi) is 31.7. The van der Waals surface area contributed by atoms with Crippen LogP contribution in [0.25, 0.3) is 11.1 Å². The lowest BCUT2D eigenvalue weighted by Gasteiger charge is -2.48. The number of aliphatic carboxylic acids is 1. The van der Waals surface area contributed by atoms with E-state index in [1.807, 2.05) is 13.8 Å². The Morgan fingerprint density at radius 2 is 1.24 bits per heavy atom. The minimum atomic E-state index is -2.45. The first-order valence-corrected chi connectivity index (χ1v) is 41.6. The molecule has 8 heterocycles. The third-order valence-corrected chi connectivity index (χ3v) is 23.6. The maximum atomic E-state index is 16.4. The van der Waals surface area contributed by atoms with Gasteiger partial charge in [-0.05, 0) is 123 Å². The van der Waals surface area contributed by atoms with Crippen molar-refractivity contribution < 1.29 is 143 Å². The highest BCUT2D eigenvalue weighted by molar-refractivity contribution is 6.32. The molecule has 124 heavy (non-hydrogen) atoms. The summed E-state index contributed by atoms with van der Waals surface area (Å²) in [5, 5.41) is 184. The Labute approximate surface area is 721 Å². The summed E-state index contributed by atoms with van der Waals surface area (Å²) in [6, 6.07) is -4.18. The number of nitrogens with two attached hydrogens (primary N) is 1. The number of carbonyl (C=O) groups is 8. The number of hydrogen-bond acceptors (Lipinski definition) is 31. The van der Waals surface area contributed by atoms with Gasteiger partial charge in [0, 0.05) is 35.2 Å². The van der Waals surface area contributed by atoms with E-state index in [0.717, 1.165) is 112 Å². The van der Waals surface area contributed by atoms with Gasteiger partial charge in [-0.25, -0.2) is 4.79 Å². The van der Waals surface area contributed by atoms with Crippen molar-refractivity contribution >= 4 is 70.5 Å². The number of carbonyl (C=O) groups excluding carboxylic acids is 7. The first-order valence-electron chi connectivity index (χ1n) is 40.9. The van der Waals surface area contributed by atoms with Crippen LogP contribution in [-0.2, 0) is 63.8 Å². The zero-order chi connectivity index (χ0) is 90.2. The van der Waals surface area contributed by atoms with Gasteiger partial charge in [-0.3, -0.25) is 33.6 Å². The van der Waals surface area contributed by atoms with Gasteiger partial charge in [0.25, 0.3) is 0 Å². The average molecular weight is 1780 g/mol. The summed E-state index contributed by atoms with van der Waals surface area (Å²) in [5.41, 5.74) is 0.478. The number of halogens is 2. The van der Waals surface area contributed by atoms with Crippen LogP contribution in [0.3, 0.4) is 0 Å². The molecule has 0 saturated carbocycles. The first-order chi connectivity index (χ1) is 58.9. The standard InChI is InChI=1S/C83H108Cl2N10O29/c1-7-8-9-10-11-12-13-14-21-89-83(5)30-56(118-35(4)73(83)108)123-72-70(107)68(105)54(33-97)122-82(72)124-71-51-26-39-27-52(71)120-50-20-17-38(25-44(50)85)65(102)62-79(114)93-60(80(115)116)41-28-48(99)42(31-88-63-69(106)67(104)53(32-96)121-81(63)117)66(103)57(41)40-23-36(15-18-47(40)98)58(76(111)95-62)92-77(112)59(39)91-75(110)46(29-55(86)100)90-78(113)61(94-74(109)45(87-6)22-34(2)3)64(101)37-16-19-49(119-51)43(84)24-37/h15-20,23-28,34-35,45-46,53-54,56,58-65,67-70,72-73,81-82,87-89,96-99,101-108,117H,7-14,21-22,29-33H2,1-6H3,(H2,86,100)(H,90,113)(H,91,110)(H,92,112)(H,93,114)(H,94,109)(H,95,111)(H,115,116)/t35-,45+,46-,53+,54+,56-,58+,59+,60-,61+,62-,63+,64+,65+,67-,68+,69+,70-,72+,73+,81?,82-,83-/m0/s1. The van der Waals surface area contributed by atoms with E-state index in [9.17, 15) is 85.9 Å². The third-order valence-electron chi connectivity index (χ3n) is 23.0. The van der Waals surface area contributed by atoms with Crippen LogP contribution in [0.4, 0.5) is 0 Å². The summed E-state index contributed by atoms with van der Waals surface area (Å²) in [6.07, 6.45) is -17.6. The largest absolute Gasteiger partial charge is 0.507 e. The molecule has 25 N–H and O–H groups in total. The first kappa shape index (κ1) is 95.2. The molecule has 8 aliphatic heterocycles. The lowest BCUT2D eigenvalue weighted by atomic mass is 9.84. The van der Waals surface area contributed by atoms with E-state index in [1.54, 1.807) is 13.8 Å². The second kappa shape index (κ2) is 41.3. The van der Waals surface area contributed by atoms with Gasteiger partial charge in [-0.15, -0.1) is 0 Å². The van der Waals surface area contributed by atoms with Crippen LogP contribution in [0, 0.1) is 5.92 Å². The molecule has 3 saturated heterocycles. The van der Waals surface area contributed by atoms with Crippen LogP contribution in [0.5, 0.6) is 46.0 Å². The summed E-state index contributed by atoms with van der Waals surface area (Å²) < 4.78 is 44.8. The van der Waals surface area contributed by atoms with Gasteiger partial charge in [-0.2, -0.15) is 0 Å². The Morgan fingerprint density at radius 3 is 1.85 bits per heavy atom. The Balaban J connectivity index is 1.11. The molecule has 0 radical (unpaired) electrons. The number of likely N-dealkylation sites (N-methyl/N-ethyl adjacent to an activating group) is 1. The number of ether oxygens (including phenoxy) is 7. The summed E-state index contributed by atoms with van der Waals surface area (Å²) in [7, 11) is 1.46. The Morgan fingerprint density at radius 1 is 0.653 bits per heavy atom. The lowest BCUT2D eigenvalue weighted by molar-refractivity contribution is -0.334. The number of aromatic hydroxyl groups is 3. The number of carboxylic acids is 1. The molecule has 678 valence electrons. The Hall–Kier alpha value is -9.44. The maximum absolute atomic E-state index is 16.4. The number of aliphatic hydroxyl groups excluding tert-OH is 10. The van der Waals surface area contributed by atoms with Gasteiger partial charge in [0.2, 0.25) is 53.4 Å². The molecule has 0 spiro atoms. The van der Waals surface area contributed by atoms with Gasteiger partial charge >= 0.3 is 5.97 Å². The number of benzene rings is 5. The monoisotopic (exact) mass is 1780 g/mol. The number of phenols is 3. The van der Waals surface area contributed by atoms with E-state index in [0.29, 0.717) is 6.54 Å². The zero-order valence-electron chi connectivity index (χ0n) is 68.5. The second-order valence-electron chi connectivity index (χ2n) is 32.4. The lowest BCUT2D eigenvalue weighted by Crippen LogP contribution is -2.65. The molecule has 0 aliphatic carbocycles. The van der Waals surface area contributed by atoms with E-state index in [4.69, 9.17) is 62.1 Å². The molecular formula is C83H108Cl2N10O29. The van der Waals surface area contributed by atoms with E-state index in [2.05, 4.69) is 54.8 Å². The molecule has 1 unspecified atom stereocenters. The van der Waals surface area contributed by atoms with Crippen LogP contribution in [0.1, 0.15) is 169 Å². The van der Waals surface area contributed by atoms with Gasteiger partial charge < -0.3 is 158 Å². The Bertz CT molecular complexity index is 4710. The molecular weight excluding hydrogens is 1670 g/mol. The molecule has 23 atom stereocenters. The predicted octanol–water partition coefficient (Wildman–Crippen LogP) is 0.767. The van der Waals surface area contributed by atoms with Gasteiger partial charge in [0.15, 0.2) is 36.2 Å². The number of primary amides is 1. The summed E-state index contributed by atoms with van der Waals surface area (Å²) in [5.74, 6) is -17.2. The number of rotatable bonds is 27. The molecule has 5 aromatic carbocycles. The van der Waals surface area contributed by atoms with Crippen LogP contribution < -0.4 is 67.8 Å². The van der Waals surface area contributed by atoms with Crippen molar-refractivity contribution in [2.24, 2.45) is 11.7 Å². The highest BCUT2D eigenvalue weighted by Gasteiger charge is 2.53. The van der Waals surface area contributed by atoms with Crippen LogP contribution >= 0.6 is 23.2 Å². The molecule has 7 amide bonds. The number of aliphatic hydroxyl groups is 10. The smallest absolute Gasteiger partial charge is 0.330 e. The third kappa shape index (κ3) is 21.4. The van der Waals surface area contributed by atoms with E-state index in [-0.39, 0.29) is 40.7 Å². The summed E-state index contributed by atoms with van der Waals surface area (Å²) in [4.78, 5) is 120. The van der Waals surface area contributed by atoms with Crippen molar-refractivity contribution in [3.8, 4) is 57.1 Å². The van der Waals surface area contributed by atoms with E-state index >= 15 is 24.0 Å². The van der Waals surface area contributed by atoms with Crippen molar-refractivity contribution in [1.82, 2.24) is 47.9 Å².